The number of phenolic OH excluding ortho intramolecular Hbond substituents is 2. The quantitative estimate of drug-likeness (QED) is 0.562. The Morgan fingerprint density at radius 3 is 2.36 bits per heavy atom. The van der Waals surface area contributed by atoms with Crippen LogP contribution < -0.4 is 10.4 Å². The van der Waals surface area contributed by atoms with E-state index in [0.29, 0.717) is 24.5 Å². The molecule has 0 heterocycles. The van der Waals surface area contributed by atoms with Crippen LogP contribution >= 0.6 is 0 Å². The molecular formula is C16H18N2O4. The summed E-state index contributed by atoms with van der Waals surface area (Å²) in [6.45, 7) is 1.99. The van der Waals surface area contributed by atoms with E-state index in [0.717, 1.165) is 0 Å². The van der Waals surface area contributed by atoms with Crippen molar-refractivity contribution >= 4 is 17.3 Å². The van der Waals surface area contributed by atoms with Crippen molar-refractivity contribution in [2.24, 2.45) is 0 Å². The number of nitrogens with one attached hydrogen (secondary N) is 1. The molecule has 116 valence electrons. The number of phenols is 2. The van der Waals surface area contributed by atoms with Crippen molar-refractivity contribution in [3.63, 3.8) is 0 Å². The van der Waals surface area contributed by atoms with E-state index in [1.807, 2.05) is 0 Å². The van der Waals surface area contributed by atoms with Gasteiger partial charge in [0.25, 0.3) is 0 Å². The number of anilines is 2. The van der Waals surface area contributed by atoms with E-state index >= 15 is 0 Å². The van der Waals surface area contributed by atoms with Crippen molar-refractivity contribution in [1.29, 1.82) is 0 Å². The van der Waals surface area contributed by atoms with E-state index in [2.05, 4.69) is 5.32 Å². The molecule has 22 heavy (non-hydrogen) atoms. The van der Waals surface area contributed by atoms with Gasteiger partial charge in [-0.15, -0.1) is 0 Å². The summed E-state index contributed by atoms with van der Waals surface area (Å²) in [5, 5.41) is 23.9. The van der Waals surface area contributed by atoms with Gasteiger partial charge in [0, 0.05) is 13.5 Å². The minimum absolute atomic E-state index is 0.0197. The van der Waals surface area contributed by atoms with Crippen LogP contribution in [0.3, 0.4) is 0 Å². The van der Waals surface area contributed by atoms with Crippen LogP contribution in [0, 0.1) is 0 Å². The minimum atomic E-state index is -0.481. The lowest BCUT2D eigenvalue weighted by atomic mass is 10.3. The summed E-state index contributed by atoms with van der Waals surface area (Å²) in [7, 11) is 0. The fraction of sp³-hybridized carbons (Fsp3) is 0.188. The van der Waals surface area contributed by atoms with Gasteiger partial charge in [0.15, 0.2) is 0 Å². The lowest BCUT2D eigenvalue weighted by Crippen LogP contribution is -2.31. The molecule has 0 aliphatic rings. The molecule has 0 spiro atoms. The summed E-state index contributed by atoms with van der Waals surface area (Å²) >= 11 is 0. The number of benzene rings is 2. The Morgan fingerprint density at radius 1 is 1.09 bits per heavy atom. The summed E-state index contributed by atoms with van der Waals surface area (Å²) in [6, 6.07) is 13.4. The molecule has 2 aromatic rings. The van der Waals surface area contributed by atoms with E-state index < -0.39 is 5.97 Å². The molecule has 0 saturated carbocycles. The minimum Gasteiger partial charge on any atom is -0.506 e. The lowest BCUT2D eigenvalue weighted by Gasteiger charge is -2.23. The fourth-order valence-corrected chi connectivity index (χ4v) is 1.96. The highest BCUT2D eigenvalue weighted by atomic mass is 16.7. The smallest absolute Gasteiger partial charge is 0.329 e. The Balaban J connectivity index is 2.03. The van der Waals surface area contributed by atoms with Crippen LogP contribution in [0.15, 0.2) is 48.5 Å². The fourth-order valence-electron chi connectivity index (χ4n) is 1.96. The molecule has 0 aromatic heterocycles. The van der Waals surface area contributed by atoms with Crippen molar-refractivity contribution < 1.29 is 19.8 Å². The van der Waals surface area contributed by atoms with Crippen LogP contribution in [-0.4, -0.2) is 29.3 Å². The number of carbonyl (C=O) groups is 1. The van der Waals surface area contributed by atoms with Gasteiger partial charge >= 0.3 is 5.97 Å². The molecule has 0 amide bonds. The average Bonchev–Trinajstić information content (AvgIpc) is 2.48. The molecule has 2 aromatic carbocycles. The first-order valence-electron chi connectivity index (χ1n) is 6.84. The molecule has 0 atom stereocenters. The number of hydrogen-bond acceptors (Lipinski definition) is 6. The molecule has 0 bridgehead atoms. The van der Waals surface area contributed by atoms with Crippen LogP contribution in [-0.2, 0) is 9.63 Å². The van der Waals surface area contributed by atoms with Crippen molar-refractivity contribution in [2.45, 2.75) is 6.92 Å². The van der Waals surface area contributed by atoms with Gasteiger partial charge in [-0.25, -0.2) is 5.06 Å². The molecule has 0 aliphatic carbocycles. The largest absolute Gasteiger partial charge is 0.506 e. The predicted octanol–water partition coefficient (Wildman–Crippen LogP) is 2.49. The zero-order chi connectivity index (χ0) is 15.9. The number of rotatable bonds is 6. The summed E-state index contributed by atoms with van der Waals surface area (Å²) in [4.78, 5) is 16.3. The number of para-hydroxylation sites is 4. The van der Waals surface area contributed by atoms with Gasteiger partial charge in [0.1, 0.15) is 17.2 Å². The topological polar surface area (TPSA) is 82.0 Å². The third-order valence-corrected chi connectivity index (χ3v) is 2.92. The molecule has 6 nitrogen and oxygen atoms in total. The maximum Gasteiger partial charge on any atom is 0.329 e. The highest BCUT2D eigenvalue weighted by molar-refractivity contribution is 5.69. The first-order chi connectivity index (χ1) is 10.6. The van der Waals surface area contributed by atoms with Crippen LogP contribution in [0.5, 0.6) is 11.5 Å². The Bertz CT molecular complexity index is 646. The predicted molar refractivity (Wildman–Crippen MR) is 83.8 cm³/mol. The monoisotopic (exact) mass is 302 g/mol. The van der Waals surface area contributed by atoms with Crippen molar-refractivity contribution in [2.75, 3.05) is 23.5 Å². The third kappa shape index (κ3) is 4.05. The van der Waals surface area contributed by atoms with E-state index in [1.54, 1.807) is 42.5 Å². The first kappa shape index (κ1) is 15.5. The van der Waals surface area contributed by atoms with E-state index in [-0.39, 0.29) is 11.5 Å². The molecular weight excluding hydrogens is 284 g/mol. The zero-order valence-corrected chi connectivity index (χ0v) is 12.2. The Morgan fingerprint density at radius 2 is 1.73 bits per heavy atom. The number of nitrogens with zero attached hydrogens (tertiary/aromatic N) is 1. The second kappa shape index (κ2) is 7.21. The summed E-state index contributed by atoms with van der Waals surface area (Å²) in [5.41, 5.74) is 0.986. The lowest BCUT2D eigenvalue weighted by molar-refractivity contribution is -0.142. The molecule has 6 heteroatoms. The van der Waals surface area contributed by atoms with E-state index in [9.17, 15) is 15.0 Å². The van der Waals surface area contributed by atoms with Crippen LogP contribution in [0.2, 0.25) is 0 Å². The first-order valence-corrected chi connectivity index (χ1v) is 6.84. The maximum absolute atomic E-state index is 11.2. The Kier molecular flexibility index (Phi) is 5.08. The number of aromatic hydroxyl groups is 2. The molecule has 0 radical (unpaired) electrons. The normalized spacial score (nSPS) is 10.0. The zero-order valence-electron chi connectivity index (χ0n) is 12.2. The molecule has 3 N–H and O–H groups in total. The summed E-state index contributed by atoms with van der Waals surface area (Å²) in [6.07, 6.45) is 0. The molecule has 0 unspecified atom stereocenters. The van der Waals surface area contributed by atoms with E-state index in [4.69, 9.17) is 4.84 Å². The molecule has 0 aliphatic heterocycles. The van der Waals surface area contributed by atoms with Gasteiger partial charge in [-0.3, -0.25) is 4.79 Å². The maximum atomic E-state index is 11.2. The van der Waals surface area contributed by atoms with Crippen molar-refractivity contribution in [3.05, 3.63) is 48.5 Å². The number of hydroxylamine groups is 1. The summed E-state index contributed by atoms with van der Waals surface area (Å²) in [5.74, 6) is -0.318. The van der Waals surface area contributed by atoms with Gasteiger partial charge in [-0.05, 0) is 24.3 Å². The van der Waals surface area contributed by atoms with Gasteiger partial charge < -0.3 is 20.4 Å². The van der Waals surface area contributed by atoms with E-state index in [1.165, 1.54) is 18.1 Å². The van der Waals surface area contributed by atoms with Crippen molar-refractivity contribution in [1.82, 2.24) is 0 Å². The van der Waals surface area contributed by atoms with Crippen LogP contribution in [0.1, 0.15) is 6.92 Å². The molecule has 2 rings (SSSR count). The van der Waals surface area contributed by atoms with Gasteiger partial charge in [0.2, 0.25) is 0 Å². The van der Waals surface area contributed by atoms with Gasteiger partial charge in [0.05, 0.1) is 12.2 Å². The molecule has 0 saturated heterocycles. The van der Waals surface area contributed by atoms with Gasteiger partial charge in [-0.2, -0.15) is 0 Å². The standard InChI is InChI=1S/C16H18N2O4/c1-12(19)22-18(14-7-3-5-9-16(14)21)11-10-17-13-6-2-4-8-15(13)20/h2-9,17,20-21H,10-11H2,1H3. The van der Waals surface area contributed by atoms with Gasteiger partial charge in [-0.1, -0.05) is 24.3 Å². The second-order valence-corrected chi connectivity index (χ2v) is 4.62. The van der Waals surface area contributed by atoms with Crippen molar-refractivity contribution in [3.8, 4) is 11.5 Å². The molecule has 0 fully saturated rings. The van der Waals surface area contributed by atoms with Crippen LogP contribution in [0.4, 0.5) is 11.4 Å². The Hall–Kier alpha value is -2.89. The average molecular weight is 302 g/mol. The summed E-state index contributed by atoms with van der Waals surface area (Å²) < 4.78 is 0. The Labute approximate surface area is 128 Å². The number of carbonyl (C=O) groups excluding carboxylic acids is 1. The number of hydrogen-bond donors (Lipinski definition) is 3. The van der Waals surface area contributed by atoms with Crippen LogP contribution in [0.25, 0.3) is 0 Å². The highest BCUT2D eigenvalue weighted by Crippen LogP contribution is 2.27. The SMILES string of the molecule is CC(=O)ON(CCNc1ccccc1O)c1ccccc1O. The third-order valence-electron chi connectivity index (χ3n) is 2.92. The highest BCUT2D eigenvalue weighted by Gasteiger charge is 2.13. The second-order valence-electron chi connectivity index (χ2n) is 4.62.